The van der Waals surface area contributed by atoms with Crippen LogP contribution in [0.3, 0.4) is 0 Å². The highest BCUT2D eigenvalue weighted by molar-refractivity contribution is 9.10. The number of halogens is 1. The molecule has 0 unspecified atom stereocenters. The number of rotatable bonds is 9. The van der Waals surface area contributed by atoms with E-state index in [1.54, 1.807) is 0 Å². The average Bonchev–Trinajstić information content (AvgIpc) is 2.61. The lowest BCUT2D eigenvalue weighted by atomic mass is 10.0. The van der Waals surface area contributed by atoms with Crippen molar-refractivity contribution in [3.63, 3.8) is 0 Å². The SMILES string of the molecule is CC(C)Oc1ccc(NC(=O)CCCOc2ccc(C(C)C)cc2Br)cc1. The standard InChI is InChI=1S/C22H28BrNO3/c1-15(2)17-7-12-21(20(23)14-17)26-13-5-6-22(25)24-18-8-10-19(11-9-18)27-16(3)4/h7-12,14-16H,5-6,13H2,1-4H3,(H,24,25). The summed E-state index contributed by atoms with van der Waals surface area (Å²) >= 11 is 3.55. The third kappa shape index (κ3) is 7.25. The van der Waals surface area contributed by atoms with E-state index < -0.39 is 0 Å². The van der Waals surface area contributed by atoms with Crippen LogP contribution < -0.4 is 14.8 Å². The van der Waals surface area contributed by atoms with Crippen LogP contribution in [-0.4, -0.2) is 18.6 Å². The monoisotopic (exact) mass is 433 g/mol. The van der Waals surface area contributed by atoms with Gasteiger partial charge in [-0.15, -0.1) is 0 Å². The number of carbonyl (C=O) groups is 1. The molecule has 2 aromatic rings. The van der Waals surface area contributed by atoms with Gasteiger partial charge in [0.1, 0.15) is 11.5 Å². The average molecular weight is 434 g/mol. The second kappa shape index (κ2) is 10.4. The molecule has 4 nitrogen and oxygen atoms in total. The van der Waals surface area contributed by atoms with E-state index in [-0.39, 0.29) is 12.0 Å². The van der Waals surface area contributed by atoms with Crippen LogP contribution in [0.25, 0.3) is 0 Å². The molecule has 1 amide bonds. The summed E-state index contributed by atoms with van der Waals surface area (Å²) in [5, 5.41) is 2.89. The number of ether oxygens (including phenoxy) is 2. The number of nitrogens with one attached hydrogen (secondary N) is 1. The Hall–Kier alpha value is -2.01. The number of carbonyl (C=O) groups excluding carboxylic acids is 1. The highest BCUT2D eigenvalue weighted by Crippen LogP contribution is 2.29. The van der Waals surface area contributed by atoms with Crippen molar-refractivity contribution in [2.75, 3.05) is 11.9 Å². The lowest BCUT2D eigenvalue weighted by Gasteiger charge is -2.12. The second-order valence-electron chi connectivity index (χ2n) is 7.04. The molecule has 0 saturated heterocycles. The summed E-state index contributed by atoms with van der Waals surface area (Å²) in [5.74, 6) is 2.06. The molecule has 5 heteroatoms. The summed E-state index contributed by atoms with van der Waals surface area (Å²) in [6, 6.07) is 13.5. The van der Waals surface area contributed by atoms with Crippen molar-refractivity contribution >= 4 is 27.5 Å². The van der Waals surface area contributed by atoms with Crippen molar-refractivity contribution in [3.05, 3.63) is 52.5 Å². The molecule has 1 N–H and O–H groups in total. The number of amides is 1. The maximum atomic E-state index is 12.1. The van der Waals surface area contributed by atoms with Gasteiger partial charge in [-0.2, -0.15) is 0 Å². The van der Waals surface area contributed by atoms with Gasteiger partial charge in [0, 0.05) is 12.1 Å². The van der Waals surface area contributed by atoms with E-state index in [0.717, 1.165) is 21.7 Å². The van der Waals surface area contributed by atoms with Gasteiger partial charge in [0.05, 0.1) is 17.2 Å². The van der Waals surface area contributed by atoms with Gasteiger partial charge in [0.25, 0.3) is 0 Å². The second-order valence-corrected chi connectivity index (χ2v) is 7.89. The first-order valence-corrected chi connectivity index (χ1v) is 10.1. The Bertz CT molecular complexity index is 742. The Morgan fingerprint density at radius 2 is 1.78 bits per heavy atom. The summed E-state index contributed by atoms with van der Waals surface area (Å²) in [5.41, 5.74) is 2.03. The summed E-state index contributed by atoms with van der Waals surface area (Å²) < 4.78 is 12.3. The van der Waals surface area contributed by atoms with Crippen LogP contribution >= 0.6 is 15.9 Å². The minimum atomic E-state index is -0.0228. The predicted octanol–water partition coefficient (Wildman–Crippen LogP) is 6.16. The largest absolute Gasteiger partial charge is 0.492 e. The number of hydrogen-bond donors (Lipinski definition) is 1. The first kappa shape index (κ1) is 21.3. The third-order valence-corrected chi connectivity index (χ3v) is 4.56. The maximum absolute atomic E-state index is 12.1. The van der Waals surface area contributed by atoms with Gasteiger partial charge >= 0.3 is 0 Å². The Balaban J connectivity index is 1.73. The molecule has 0 spiro atoms. The summed E-state index contributed by atoms with van der Waals surface area (Å²) in [6.07, 6.45) is 1.19. The summed E-state index contributed by atoms with van der Waals surface area (Å²) in [7, 11) is 0. The predicted molar refractivity (Wildman–Crippen MR) is 114 cm³/mol. The lowest BCUT2D eigenvalue weighted by Crippen LogP contribution is -2.13. The Morgan fingerprint density at radius 1 is 1.07 bits per heavy atom. The van der Waals surface area contributed by atoms with E-state index in [0.29, 0.717) is 25.4 Å². The van der Waals surface area contributed by atoms with E-state index in [1.165, 1.54) is 5.56 Å². The fourth-order valence-electron chi connectivity index (χ4n) is 2.52. The molecule has 0 aromatic heterocycles. The Labute approximate surface area is 170 Å². The van der Waals surface area contributed by atoms with Crippen molar-refractivity contribution < 1.29 is 14.3 Å². The highest BCUT2D eigenvalue weighted by Gasteiger charge is 2.07. The molecule has 27 heavy (non-hydrogen) atoms. The number of anilines is 1. The van der Waals surface area contributed by atoms with Crippen LogP contribution in [0.4, 0.5) is 5.69 Å². The highest BCUT2D eigenvalue weighted by atomic mass is 79.9. The van der Waals surface area contributed by atoms with Crippen molar-refractivity contribution in [3.8, 4) is 11.5 Å². The van der Waals surface area contributed by atoms with Gasteiger partial charge in [0.15, 0.2) is 0 Å². The van der Waals surface area contributed by atoms with Gasteiger partial charge in [-0.1, -0.05) is 19.9 Å². The molecule has 0 radical (unpaired) electrons. The first-order valence-electron chi connectivity index (χ1n) is 9.34. The molecule has 0 bridgehead atoms. The van der Waals surface area contributed by atoms with Crippen LogP contribution in [0, 0.1) is 0 Å². The quantitative estimate of drug-likeness (QED) is 0.481. The molecule has 146 valence electrons. The van der Waals surface area contributed by atoms with Crippen molar-refractivity contribution in [1.29, 1.82) is 0 Å². The van der Waals surface area contributed by atoms with Crippen LogP contribution in [0.1, 0.15) is 52.0 Å². The fraction of sp³-hybridized carbons (Fsp3) is 0.409. The van der Waals surface area contributed by atoms with Gasteiger partial charge in [-0.05, 0) is 84.1 Å². The zero-order valence-corrected chi connectivity index (χ0v) is 18.0. The first-order chi connectivity index (χ1) is 12.8. The van der Waals surface area contributed by atoms with Gasteiger partial charge in [0.2, 0.25) is 5.91 Å². The maximum Gasteiger partial charge on any atom is 0.224 e. The van der Waals surface area contributed by atoms with Crippen molar-refractivity contribution in [2.24, 2.45) is 0 Å². The van der Waals surface area contributed by atoms with Crippen molar-refractivity contribution in [2.45, 2.75) is 52.6 Å². The van der Waals surface area contributed by atoms with Gasteiger partial charge in [-0.25, -0.2) is 0 Å². The molecule has 0 heterocycles. The molecule has 0 saturated carbocycles. The van der Waals surface area contributed by atoms with E-state index in [1.807, 2.05) is 44.2 Å². The lowest BCUT2D eigenvalue weighted by molar-refractivity contribution is -0.116. The molecule has 2 rings (SSSR count). The van der Waals surface area contributed by atoms with Crippen molar-refractivity contribution in [1.82, 2.24) is 0 Å². The van der Waals surface area contributed by atoms with Crippen LogP contribution in [0.15, 0.2) is 46.9 Å². The minimum Gasteiger partial charge on any atom is -0.492 e. The minimum absolute atomic E-state index is 0.0228. The Kier molecular flexibility index (Phi) is 8.17. The van der Waals surface area contributed by atoms with Gasteiger partial charge in [-0.3, -0.25) is 4.79 Å². The van der Waals surface area contributed by atoms with E-state index in [4.69, 9.17) is 9.47 Å². The van der Waals surface area contributed by atoms with Crippen LogP contribution in [0.5, 0.6) is 11.5 Å². The van der Waals surface area contributed by atoms with Gasteiger partial charge < -0.3 is 14.8 Å². The smallest absolute Gasteiger partial charge is 0.224 e. The Morgan fingerprint density at radius 3 is 2.37 bits per heavy atom. The van der Waals surface area contributed by atoms with E-state index in [9.17, 15) is 4.79 Å². The van der Waals surface area contributed by atoms with Crippen LogP contribution in [-0.2, 0) is 4.79 Å². The zero-order chi connectivity index (χ0) is 19.8. The molecule has 0 aliphatic heterocycles. The molecule has 0 aliphatic carbocycles. The number of hydrogen-bond acceptors (Lipinski definition) is 3. The third-order valence-electron chi connectivity index (χ3n) is 3.94. The van der Waals surface area contributed by atoms with E-state index >= 15 is 0 Å². The normalized spacial score (nSPS) is 10.9. The zero-order valence-electron chi connectivity index (χ0n) is 16.4. The fourth-order valence-corrected chi connectivity index (χ4v) is 3.03. The molecular weight excluding hydrogens is 406 g/mol. The molecule has 0 atom stereocenters. The molecular formula is C22H28BrNO3. The molecule has 2 aromatic carbocycles. The van der Waals surface area contributed by atoms with Crippen LogP contribution in [0.2, 0.25) is 0 Å². The van der Waals surface area contributed by atoms with E-state index in [2.05, 4.69) is 47.2 Å². The topological polar surface area (TPSA) is 47.6 Å². The molecule has 0 aliphatic rings. The number of benzene rings is 2. The molecule has 0 fully saturated rings. The summed E-state index contributed by atoms with van der Waals surface area (Å²) in [6.45, 7) is 8.77. The summed E-state index contributed by atoms with van der Waals surface area (Å²) in [4.78, 5) is 12.1.